The predicted molar refractivity (Wildman–Crippen MR) is 102 cm³/mol. The molecule has 28 heavy (non-hydrogen) atoms. The van der Waals surface area contributed by atoms with Crippen LogP contribution in [0.25, 0.3) is 0 Å². The van der Waals surface area contributed by atoms with Crippen LogP contribution < -0.4 is 21.3 Å². The highest BCUT2D eigenvalue weighted by molar-refractivity contribution is 6.08. The minimum absolute atomic E-state index is 0.175. The Balaban J connectivity index is 1.82. The molecular formula is C20H20N4O4. The molecule has 0 saturated carbocycles. The third-order valence-electron chi connectivity index (χ3n) is 4.22. The monoisotopic (exact) mass is 380 g/mol. The highest BCUT2D eigenvalue weighted by Crippen LogP contribution is 2.10. The molecule has 1 heterocycles. The number of amides is 4. The molecule has 2 aromatic carbocycles. The summed E-state index contributed by atoms with van der Waals surface area (Å²) in [6.45, 7) is 0.702. The Morgan fingerprint density at radius 2 is 0.643 bits per heavy atom. The first-order valence-electron chi connectivity index (χ1n) is 8.89. The Morgan fingerprint density at radius 3 is 0.857 bits per heavy atom. The van der Waals surface area contributed by atoms with Crippen molar-refractivity contribution in [3.05, 3.63) is 70.8 Å². The molecule has 0 spiro atoms. The lowest BCUT2D eigenvalue weighted by atomic mass is 10.1. The third-order valence-corrected chi connectivity index (χ3v) is 4.22. The van der Waals surface area contributed by atoms with E-state index in [4.69, 9.17) is 0 Å². The van der Waals surface area contributed by atoms with Crippen molar-refractivity contribution in [1.82, 2.24) is 21.3 Å². The Bertz CT molecular complexity index is 776. The van der Waals surface area contributed by atoms with Crippen molar-refractivity contribution in [2.45, 2.75) is 0 Å². The zero-order valence-corrected chi connectivity index (χ0v) is 15.1. The van der Waals surface area contributed by atoms with Crippen molar-refractivity contribution >= 4 is 23.6 Å². The molecule has 0 aromatic heterocycles. The molecule has 0 bridgehead atoms. The Morgan fingerprint density at radius 1 is 0.429 bits per heavy atom. The minimum Gasteiger partial charge on any atom is -0.350 e. The van der Waals surface area contributed by atoms with Crippen molar-refractivity contribution < 1.29 is 19.2 Å². The molecule has 8 nitrogen and oxygen atoms in total. The van der Waals surface area contributed by atoms with Gasteiger partial charge in [-0.25, -0.2) is 0 Å². The average molecular weight is 380 g/mol. The van der Waals surface area contributed by atoms with Gasteiger partial charge in [-0.1, -0.05) is 24.3 Å². The Kier molecular flexibility index (Phi) is 6.01. The van der Waals surface area contributed by atoms with E-state index in [1.54, 1.807) is 48.5 Å². The lowest BCUT2D eigenvalue weighted by Gasteiger charge is -2.14. The fourth-order valence-corrected chi connectivity index (χ4v) is 2.84. The summed E-state index contributed by atoms with van der Waals surface area (Å²) in [5, 5.41) is 10.7. The number of nitrogens with one attached hydrogen (secondary N) is 4. The molecule has 8 heteroatoms. The van der Waals surface area contributed by atoms with Crippen LogP contribution in [-0.4, -0.2) is 49.8 Å². The number of benzene rings is 2. The summed E-state index contributed by atoms with van der Waals surface area (Å²) in [5.74, 6) is -1.61. The lowest BCUT2D eigenvalue weighted by molar-refractivity contribution is 0.0901. The van der Waals surface area contributed by atoms with Gasteiger partial charge in [0.1, 0.15) is 0 Å². The van der Waals surface area contributed by atoms with Crippen LogP contribution in [0.15, 0.2) is 48.5 Å². The summed E-state index contributed by atoms with van der Waals surface area (Å²) >= 11 is 0. The normalized spacial score (nSPS) is 16.0. The predicted octanol–water partition coefficient (Wildman–Crippen LogP) is 0.320. The van der Waals surface area contributed by atoms with E-state index >= 15 is 0 Å². The smallest absolute Gasteiger partial charge is 0.252 e. The number of carbonyl (C=O) groups is 4. The van der Waals surface area contributed by atoms with Crippen molar-refractivity contribution in [1.29, 1.82) is 0 Å². The van der Waals surface area contributed by atoms with E-state index in [9.17, 15) is 19.2 Å². The second-order valence-electron chi connectivity index (χ2n) is 6.11. The van der Waals surface area contributed by atoms with E-state index in [2.05, 4.69) is 21.3 Å². The van der Waals surface area contributed by atoms with Gasteiger partial charge in [0.15, 0.2) is 0 Å². The van der Waals surface area contributed by atoms with Gasteiger partial charge < -0.3 is 21.3 Å². The Labute approximate surface area is 161 Å². The van der Waals surface area contributed by atoms with Gasteiger partial charge in [-0.15, -0.1) is 0 Å². The van der Waals surface area contributed by atoms with E-state index in [0.29, 0.717) is 0 Å². The second-order valence-corrected chi connectivity index (χ2v) is 6.11. The van der Waals surface area contributed by atoms with Gasteiger partial charge in [0.05, 0.1) is 22.3 Å². The molecule has 144 valence electrons. The summed E-state index contributed by atoms with van der Waals surface area (Å²) in [7, 11) is 0. The van der Waals surface area contributed by atoms with Crippen LogP contribution in [0.5, 0.6) is 0 Å². The second kappa shape index (κ2) is 8.81. The van der Waals surface area contributed by atoms with Gasteiger partial charge in [-0.3, -0.25) is 19.2 Å². The van der Waals surface area contributed by atoms with Crippen LogP contribution >= 0.6 is 0 Å². The summed E-state index contributed by atoms with van der Waals surface area (Å²) in [5.41, 5.74) is 0.973. The highest BCUT2D eigenvalue weighted by atomic mass is 16.2. The molecule has 0 saturated heterocycles. The maximum Gasteiger partial charge on any atom is 0.252 e. The largest absolute Gasteiger partial charge is 0.350 e. The number of fused-ring (bicyclic) bond motifs is 2. The van der Waals surface area contributed by atoms with E-state index in [1.165, 1.54) is 0 Å². The molecule has 0 aliphatic carbocycles. The van der Waals surface area contributed by atoms with E-state index in [-0.39, 0.29) is 48.4 Å². The fraction of sp³-hybridized carbons (Fsp3) is 0.200. The molecule has 3 rings (SSSR count). The number of rotatable bonds is 0. The third kappa shape index (κ3) is 4.35. The molecule has 1 aliphatic rings. The van der Waals surface area contributed by atoms with Gasteiger partial charge in [0, 0.05) is 26.2 Å². The first kappa shape index (κ1) is 19.1. The highest BCUT2D eigenvalue weighted by Gasteiger charge is 2.18. The van der Waals surface area contributed by atoms with Crippen molar-refractivity contribution in [2.24, 2.45) is 0 Å². The van der Waals surface area contributed by atoms with E-state index in [0.717, 1.165) is 0 Å². The van der Waals surface area contributed by atoms with Crippen LogP contribution in [0.1, 0.15) is 41.4 Å². The molecule has 0 atom stereocenters. The first-order chi connectivity index (χ1) is 13.6. The molecule has 2 aromatic rings. The molecular weight excluding hydrogens is 360 g/mol. The topological polar surface area (TPSA) is 116 Å². The van der Waals surface area contributed by atoms with Gasteiger partial charge in [-0.05, 0) is 24.3 Å². The first-order valence-corrected chi connectivity index (χ1v) is 8.89. The zero-order chi connectivity index (χ0) is 19.9. The minimum atomic E-state index is -0.402. The van der Waals surface area contributed by atoms with Crippen molar-refractivity contribution in [3.8, 4) is 0 Å². The van der Waals surface area contributed by atoms with Crippen LogP contribution in [-0.2, 0) is 0 Å². The number of hydrogen-bond acceptors (Lipinski definition) is 4. The summed E-state index contributed by atoms with van der Waals surface area (Å²) in [6, 6.07) is 12.9. The quantitative estimate of drug-likeness (QED) is 0.527. The maximum absolute atomic E-state index is 12.4. The van der Waals surface area contributed by atoms with Gasteiger partial charge in [0.25, 0.3) is 23.6 Å². The van der Waals surface area contributed by atoms with E-state index in [1.807, 2.05) is 0 Å². The van der Waals surface area contributed by atoms with Crippen molar-refractivity contribution in [2.75, 3.05) is 26.2 Å². The van der Waals surface area contributed by atoms with Crippen LogP contribution in [0.3, 0.4) is 0 Å². The standard InChI is InChI=1S/C20H20N4O4/c25-17-13-5-1-2-6-14(13)18(26)22-11-12-24-20(28)16-8-4-3-7-15(16)19(27)23-10-9-21-17/h1-8H,9-12H2,(H,21,25)(H,22,26)(H,23,27)(H,24,28). The molecule has 1 aliphatic heterocycles. The van der Waals surface area contributed by atoms with Gasteiger partial charge in [0.2, 0.25) is 0 Å². The average Bonchev–Trinajstić information content (AvgIpc) is 2.73. The summed E-state index contributed by atoms with van der Waals surface area (Å²) < 4.78 is 0. The number of carbonyl (C=O) groups excluding carboxylic acids is 4. The molecule has 4 amide bonds. The Hall–Kier alpha value is -3.68. The maximum atomic E-state index is 12.4. The molecule has 0 fully saturated rings. The molecule has 0 radical (unpaired) electrons. The van der Waals surface area contributed by atoms with Crippen LogP contribution in [0, 0.1) is 0 Å². The van der Waals surface area contributed by atoms with Gasteiger partial charge >= 0.3 is 0 Å². The summed E-state index contributed by atoms with van der Waals surface area (Å²) in [6.07, 6.45) is 0. The SMILES string of the molecule is O=C1NCCNC(=O)c2ccccc2C(=O)NCCNC(=O)c2ccccc21. The van der Waals surface area contributed by atoms with Crippen LogP contribution in [0.4, 0.5) is 0 Å². The van der Waals surface area contributed by atoms with Crippen LogP contribution in [0.2, 0.25) is 0 Å². The van der Waals surface area contributed by atoms with Gasteiger partial charge in [-0.2, -0.15) is 0 Å². The molecule has 0 unspecified atom stereocenters. The lowest BCUT2D eigenvalue weighted by Crippen LogP contribution is -2.39. The van der Waals surface area contributed by atoms with Crippen molar-refractivity contribution in [3.63, 3.8) is 0 Å². The summed E-state index contributed by atoms with van der Waals surface area (Å²) in [4.78, 5) is 49.6. The zero-order valence-electron chi connectivity index (χ0n) is 15.1. The number of hydrogen-bond donors (Lipinski definition) is 4. The van der Waals surface area contributed by atoms with E-state index < -0.39 is 23.6 Å². The fourth-order valence-electron chi connectivity index (χ4n) is 2.84. The molecule has 4 N–H and O–H groups in total.